The molecular weight excluding hydrogens is 475 g/mol. The van der Waals surface area contributed by atoms with Crippen LogP contribution in [-0.2, 0) is 0 Å². The summed E-state index contributed by atoms with van der Waals surface area (Å²) in [5.74, 6) is 0. The third kappa shape index (κ3) is 3.28. The number of hydrogen-bond acceptors (Lipinski definition) is 1. The normalized spacial score (nSPS) is 12.8. The number of alkyl halides is 1. The van der Waals surface area contributed by atoms with Crippen molar-refractivity contribution in [2.75, 3.05) is 0 Å². The standard InChI is InChI=1S/C11H5Br3Cl2S/c12-7-2-1-5(3-8(7)15)10(16)6-4-9(13)17-11(6)14/h1-4,10H. The zero-order chi connectivity index (χ0) is 12.6. The first kappa shape index (κ1) is 14.4. The van der Waals surface area contributed by atoms with E-state index in [1.165, 1.54) is 0 Å². The molecule has 0 aliphatic heterocycles. The summed E-state index contributed by atoms with van der Waals surface area (Å²) in [6.07, 6.45) is 0. The third-order valence-electron chi connectivity index (χ3n) is 2.19. The quantitative estimate of drug-likeness (QED) is 0.406. The second-order valence-electron chi connectivity index (χ2n) is 3.32. The van der Waals surface area contributed by atoms with Gasteiger partial charge in [0.1, 0.15) is 0 Å². The van der Waals surface area contributed by atoms with Crippen LogP contribution in [-0.4, -0.2) is 0 Å². The Balaban J connectivity index is 2.40. The lowest BCUT2D eigenvalue weighted by molar-refractivity contribution is 1.14. The maximum atomic E-state index is 6.46. The van der Waals surface area contributed by atoms with E-state index >= 15 is 0 Å². The molecule has 0 aliphatic carbocycles. The average Bonchev–Trinajstić information content (AvgIpc) is 2.61. The lowest BCUT2D eigenvalue weighted by Gasteiger charge is -2.10. The summed E-state index contributed by atoms with van der Waals surface area (Å²) in [4.78, 5) is 0. The third-order valence-corrected chi connectivity index (χ3v) is 6.30. The predicted molar refractivity (Wildman–Crippen MR) is 86.6 cm³/mol. The van der Waals surface area contributed by atoms with Crippen molar-refractivity contribution in [3.05, 3.63) is 52.5 Å². The Morgan fingerprint density at radius 1 is 1.12 bits per heavy atom. The van der Waals surface area contributed by atoms with Gasteiger partial charge in [0.25, 0.3) is 0 Å². The van der Waals surface area contributed by atoms with Crippen molar-refractivity contribution < 1.29 is 0 Å². The fourth-order valence-electron chi connectivity index (χ4n) is 1.38. The Hall–Kier alpha value is 0.940. The van der Waals surface area contributed by atoms with Crippen LogP contribution in [0.15, 0.2) is 36.3 Å². The van der Waals surface area contributed by atoms with Gasteiger partial charge >= 0.3 is 0 Å². The number of halogens is 5. The molecule has 0 aliphatic rings. The highest BCUT2D eigenvalue weighted by Crippen LogP contribution is 2.41. The van der Waals surface area contributed by atoms with Gasteiger partial charge in [-0.1, -0.05) is 17.7 Å². The van der Waals surface area contributed by atoms with Crippen LogP contribution in [0.1, 0.15) is 16.5 Å². The van der Waals surface area contributed by atoms with E-state index in [0.717, 1.165) is 23.2 Å². The molecule has 0 N–H and O–H groups in total. The molecule has 1 atom stereocenters. The van der Waals surface area contributed by atoms with Gasteiger partial charge in [-0.3, -0.25) is 0 Å². The van der Waals surface area contributed by atoms with Crippen molar-refractivity contribution in [1.82, 2.24) is 0 Å². The van der Waals surface area contributed by atoms with Gasteiger partial charge in [-0.15, -0.1) is 22.9 Å². The summed E-state index contributed by atoms with van der Waals surface area (Å²) in [7, 11) is 0. The van der Waals surface area contributed by atoms with E-state index < -0.39 is 0 Å². The smallest absolute Gasteiger partial charge is 0.0855 e. The minimum Gasteiger partial charge on any atom is -0.121 e. The monoisotopic (exact) mass is 476 g/mol. The van der Waals surface area contributed by atoms with E-state index in [1.807, 2.05) is 24.3 Å². The minimum atomic E-state index is -0.211. The van der Waals surface area contributed by atoms with Crippen LogP contribution < -0.4 is 0 Å². The summed E-state index contributed by atoms with van der Waals surface area (Å²) in [6.45, 7) is 0. The molecule has 0 saturated carbocycles. The van der Waals surface area contributed by atoms with Crippen molar-refractivity contribution >= 4 is 82.3 Å². The summed E-state index contributed by atoms with van der Waals surface area (Å²) in [5.41, 5.74) is 2.02. The molecule has 1 aromatic heterocycles. The van der Waals surface area contributed by atoms with Gasteiger partial charge in [0.2, 0.25) is 0 Å². The molecule has 2 aromatic rings. The predicted octanol–water partition coefficient (Wildman–Crippen LogP) is 7.02. The Morgan fingerprint density at radius 2 is 1.82 bits per heavy atom. The first-order valence-corrected chi connectivity index (χ1v) is 8.54. The molecule has 90 valence electrons. The molecule has 0 fully saturated rings. The molecule has 1 aromatic carbocycles. The molecule has 0 spiro atoms. The van der Waals surface area contributed by atoms with Crippen LogP contribution in [0.2, 0.25) is 5.02 Å². The summed E-state index contributed by atoms with van der Waals surface area (Å²) >= 11 is 24.4. The van der Waals surface area contributed by atoms with E-state index in [9.17, 15) is 0 Å². The van der Waals surface area contributed by atoms with Gasteiger partial charge in [0, 0.05) is 10.0 Å². The molecule has 2 rings (SSSR count). The van der Waals surface area contributed by atoms with Gasteiger partial charge in [0.05, 0.1) is 18.0 Å². The Bertz CT molecular complexity index is 554. The average molecular weight is 480 g/mol. The van der Waals surface area contributed by atoms with Crippen LogP contribution in [0.4, 0.5) is 0 Å². The van der Waals surface area contributed by atoms with Gasteiger partial charge in [-0.25, -0.2) is 0 Å². The van der Waals surface area contributed by atoms with Crippen molar-refractivity contribution in [2.24, 2.45) is 0 Å². The van der Waals surface area contributed by atoms with E-state index in [1.54, 1.807) is 11.3 Å². The van der Waals surface area contributed by atoms with Gasteiger partial charge < -0.3 is 0 Å². The Morgan fingerprint density at radius 3 is 2.35 bits per heavy atom. The Labute approximate surface area is 139 Å². The van der Waals surface area contributed by atoms with Crippen molar-refractivity contribution in [2.45, 2.75) is 5.38 Å². The molecule has 0 bridgehead atoms. The van der Waals surface area contributed by atoms with Gasteiger partial charge in [-0.2, -0.15) is 0 Å². The first-order chi connectivity index (χ1) is 7.99. The largest absolute Gasteiger partial charge is 0.121 e. The van der Waals surface area contributed by atoms with Crippen LogP contribution in [0.3, 0.4) is 0 Å². The summed E-state index contributed by atoms with van der Waals surface area (Å²) in [6, 6.07) is 7.76. The van der Waals surface area contributed by atoms with Crippen LogP contribution in [0, 0.1) is 0 Å². The Kier molecular flexibility index (Phi) is 5.01. The van der Waals surface area contributed by atoms with Crippen molar-refractivity contribution in [3.8, 4) is 0 Å². The first-order valence-electron chi connectivity index (χ1n) is 4.53. The zero-order valence-electron chi connectivity index (χ0n) is 8.18. The number of hydrogen-bond donors (Lipinski definition) is 0. The van der Waals surface area contributed by atoms with Gasteiger partial charge in [0.15, 0.2) is 0 Å². The second kappa shape index (κ2) is 5.93. The molecule has 17 heavy (non-hydrogen) atoms. The molecule has 0 amide bonds. The molecule has 6 heteroatoms. The summed E-state index contributed by atoms with van der Waals surface area (Å²) < 4.78 is 2.95. The highest BCUT2D eigenvalue weighted by Gasteiger charge is 2.17. The van der Waals surface area contributed by atoms with Crippen molar-refractivity contribution in [1.29, 1.82) is 0 Å². The van der Waals surface area contributed by atoms with Crippen molar-refractivity contribution in [3.63, 3.8) is 0 Å². The molecule has 1 heterocycles. The second-order valence-corrected chi connectivity index (χ2v) is 8.76. The van der Waals surface area contributed by atoms with Crippen LogP contribution in [0.25, 0.3) is 0 Å². The van der Waals surface area contributed by atoms with E-state index in [2.05, 4.69) is 47.8 Å². The van der Waals surface area contributed by atoms with E-state index in [0.29, 0.717) is 5.02 Å². The van der Waals surface area contributed by atoms with Gasteiger partial charge in [-0.05, 0) is 71.6 Å². The van der Waals surface area contributed by atoms with E-state index in [4.69, 9.17) is 23.2 Å². The lowest BCUT2D eigenvalue weighted by Crippen LogP contribution is -1.92. The maximum Gasteiger partial charge on any atom is 0.0855 e. The highest BCUT2D eigenvalue weighted by molar-refractivity contribution is 9.12. The topological polar surface area (TPSA) is 0 Å². The fourth-order valence-corrected chi connectivity index (χ4v) is 5.22. The minimum absolute atomic E-state index is 0.211. The molecular formula is C11H5Br3Cl2S. The van der Waals surface area contributed by atoms with Crippen LogP contribution in [0.5, 0.6) is 0 Å². The zero-order valence-corrected chi connectivity index (χ0v) is 15.3. The van der Waals surface area contributed by atoms with E-state index in [-0.39, 0.29) is 5.38 Å². The molecule has 1 unspecified atom stereocenters. The SMILES string of the molecule is Clc1cc(C(Cl)c2cc(Br)sc2Br)ccc1Br. The number of benzene rings is 1. The fraction of sp³-hybridized carbons (Fsp3) is 0.0909. The van der Waals surface area contributed by atoms with Crippen LogP contribution >= 0.6 is 82.3 Å². The highest BCUT2D eigenvalue weighted by atomic mass is 79.9. The molecule has 0 saturated heterocycles. The molecule has 0 nitrogen and oxygen atoms in total. The number of rotatable bonds is 2. The maximum absolute atomic E-state index is 6.46. The summed E-state index contributed by atoms with van der Waals surface area (Å²) in [5, 5.41) is 0.455. The number of thiophene rings is 1. The molecule has 0 radical (unpaired) electrons. The lowest BCUT2D eigenvalue weighted by atomic mass is 10.1.